The topological polar surface area (TPSA) is 115 Å². The van der Waals surface area contributed by atoms with Crippen molar-refractivity contribution in [1.82, 2.24) is 14.5 Å². The molecule has 158 valence electrons. The Morgan fingerprint density at radius 1 is 1.03 bits per heavy atom. The number of aromatic nitrogens is 2. The second kappa shape index (κ2) is 8.64. The van der Waals surface area contributed by atoms with E-state index in [9.17, 15) is 13.2 Å². The van der Waals surface area contributed by atoms with Crippen LogP contribution in [0.4, 0.5) is 6.01 Å². The van der Waals surface area contributed by atoms with Crippen LogP contribution in [-0.2, 0) is 10.0 Å². The van der Waals surface area contributed by atoms with Gasteiger partial charge in [-0.15, -0.1) is 5.10 Å². The first-order valence-electron chi connectivity index (χ1n) is 9.11. The summed E-state index contributed by atoms with van der Waals surface area (Å²) in [6.45, 7) is 3.84. The summed E-state index contributed by atoms with van der Waals surface area (Å²) in [6, 6.07) is 12.6. The van der Waals surface area contributed by atoms with Gasteiger partial charge in [-0.3, -0.25) is 10.1 Å². The van der Waals surface area contributed by atoms with Crippen LogP contribution in [0.15, 0.2) is 57.8 Å². The summed E-state index contributed by atoms with van der Waals surface area (Å²) in [5, 5.41) is 10.2. The molecule has 1 N–H and O–H groups in total. The molecule has 0 radical (unpaired) electrons. The van der Waals surface area contributed by atoms with Gasteiger partial charge in [-0.05, 0) is 62.4 Å². The van der Waals surface area contributed by atoms with Crippen LogP contribution in [0.3, 0.4) is 0 Å². The number of sulfonamides is 1. The Kier molecular flexibility index (Phi) is 6.18. The molecule has 0 fully saturated rings. The Labute approximate surface area is 174 Å². The van der Waals surface area contributed by atoms with E-state index in [1.54, 1.807) is 36.4 Å². The summed E-state index contributed by atoms with van der Waals surface area (Å²) in [5.41, 5.74) is 0.931. The minimum absolute atomic E-state index is 0.0403. The molecule has 3 rings (SSSR count). The number of carbonyl (C=O) groups excluding carboxylic acids is 1. The van der Waals surface area contributed by atoms with E-state index in [2.05, 4.69) is 15.5 Å². The lowest BCUT2D eigenvalue weighted by molar-refractivity contribution is 0.102. The van der Waals surface area contributed by atoms with Crippen molar-refractivity contribution in [3.05, 3.63) is 54.1 Å². The molecule has 10 heteroatoms. The van der Waals surface area contributed by atoms with E-state index in [4.69, 9.17) is 9.15 Å². The van der Waals surface area contributed by atoms with E-state index in [1.807, 2.05) is 13.8 Å². The molecule has 0 unspecified atom stereocenters. The monoisotopic (exact) mass is 430 g/mol. The zero-order valence-corrected chi connectivity index (χ0v) is 17.8. The minimum atomic E-state index is -3.53. The van der Waals surface area contributed by atoms with Crippen molar-refractivity contribution in [2.75, 3.05) is 19.4 Å². The van der Waals surface area contributed by atoms with Crippen molar-refractivity contribution in [3.8, 4) is 17.2 Å². The fraction of sp³-hybridized carbons (Fsp3) is 0.250. The number of amides is 1. The first-order chi connectivity index (χ1) is 14.2. The largest absolute Gasteiger partial charge is 0.491 e. The normalized spacial score (nSPS) is 11.7. The molecule has 0 saturated carbocycles. The second-order valence-electron chi connectivity index (χ2n) is 6.87. The summed E-state index contributed by atoms with van der Waals surface area (Å²) >= 11 is 0. The van der Waals surface area contributed by atoms with Gasteiger partial charge in [-0.2, -0.15) is 0 Å². The van der Waals surface area contributed by atoms with Crippen molar-refractivity contribution in [2.24, 2.45) is 0 Å². The molecule has 1 heterocycles. The molecule has 0 spiro atoms. The molecule has 0 bridgehead atoms. The average molecular weight is 430 g/mol. The molecule has 0 aliphatic rings. The maximum Gasteiger partial charge on any atom is 0.322 e. The molecule has 1 aromatic heterocycles. The molecule has 1 amide bonds. The van der Waals surface area contributed by atoms with Crippen molar-refractivity contribution in [3.63, 3.8) is 0 Å². The summed E-state index contributed by atoms with van der Waals surface area (Å²) < 4.78 is 36.4. The Hall–Kier alpha value is -3.24. The van der Waals surface area contributed by atoms with E-state index in [0.717, 1.165) is 4.31 Å². The molecule has 3 aromatic rings. The van der Waals surface area contributed by atoms with Crippen LogP contribution >= 0.6 is 0 Å². The van der Waals surface area contributed by atoms with Crippen LogP contribution in [-0.4, -0.2) is 49.0 Å². The Morgan fingerprint density at radius 2 is 1.67 bits per heavy atom. The number of nitrogens with one attached hydrogen (secondary N) is 1. The van der Waals surface area contributed by atoms with Gasteiger partial charge in [-0.1, -0.05) is 5.10 Å². The van der Waals surface area contributed by atoms with E-state index in [-0.39, 0.29) is 22.9 Å². The number of carbonyl (C=O) groups is 1. The maximum atomic E-state index is 12.4. The minimum Gasteiger partial charge on any atom is -0.491 e. The zero-order chi connectivity index (χ0) is 21.9. The first-order valence-corrected chi connectivity index (χ1v) is 10.6. The lowest BCUT2D eigenvalue weighted by atomic mass is 10.2. The highest BCUT2D eigenvalue weighted by Crippen LogP contribution is 2.23. The van der Waals surface area contributed by atoms with Gasteiger partial charge in [0.05, 0.1) is 11.0 Å². The van der Waals surface area contributed by atoms with Gasteiger partial charge in [0.2, 0.25) is 15.9 Å². The van der Waals surface area contributed by atoms with Gasteiger partial charge in [0, 0.05) is 25.2 Å². The number of hydrogen-bond acceptors (Lipinski definition) is 7. The van der Waals surface area contributed by atoms with Crippen LogP contribution in [0.25, 0.3) is 11.5 Å². The predicted octanol–water partition coefficient (Wildman–Crippen LogP) is 3.03. The third-order valence-electron chi connectivity index (χ3n) is 4.01. The number of benzene rings is 2. The number of hydrogen-bond donors (Lipinski definition) is 1. The molecule has 0 saturated heterocycles. The fourth-order valence-electron chi connectivity index (χ4n) is 2.50. The standard InChI is InChI=1S/C20H22N4O5S/c1-13(2)28-16-9-5-14(6-10-16)18(25)21-20-23-22-19(29-20)15-7-11-17(12-8-15)30(26,27)24(3)4/h5-13H,1-4H3,(H,21,23,25). The number of rotatable bonds is 7. The molecule has 0 aliphatic heterocycles. The Balaban J connectivity index is 1.70. The van der Waals surface area contributed by atoms with Crippen LogP contribution in [0.1, 0.15) is 24.2 Å². The SMILES string of the molecule is CC(C)Oc1ccc(C(=O)Nc2nnc(-c3ccc(S(=O)(=O)N(C)C)cc3)o2)cc1. The molecule has 0 aliphatic carbocycles. The third kappa shape index (κ3) is 4.84. The van der Waals surface area contributed by atoms with E-state index in [1.165, 1.54) is 26.2 Å². The molecule has 2 aromatic carbocycles. The molecular weight excluding hydrogens is 408 g/mol. The lowest BCUT2D eigenvalue weighted by Gasteiger charge is -2.11. The summed E-state index contributed by atoms with van der Waals surface area (Å²) in [5.74, 6) is 0.412. The van der Waals surface area contributed by atoms with Gasteiger partial charge in [0.15, 0.2) is 0 Å². The van der Waals surface area contributed by atoms with Crippen LogP contribution in [0.5, 0.6) is 5.75 Å². The van der Waals surface area contributed by atoms with Gasteiger partial charge in [0.1, 0.15) is 5.75 Å². The van der Waals surface area contributed by atoms with Crippen molar-refractivity contribution < 1.29 is 22.4 Å². The quantitative estimate of drug-likeness (QED) is 0.613. The zero-order valence-electron chi connectivity index (χ0n) is 17.0. The van der Waals surface area contributed by atoms with Crippen LogP contribution in [0, 0.1) is 0 Å². The van der Waals surface area contributed by atoms with Gasteiger partial charge in [0.25, 0.3) is 5.91 Å². The number of nitrogens with zero attached hydrogens (tertiary/aromatic N) is 3. The molecule has 30 heavy (non-hydrogen) atoms. The summed E-state index contributed by atoms with van der Waals surface area (Å²) in [7, 11) is -0.608. The highest BCUT2D eigenvalue weighted by Gasteiger charge is 2.18. The van der Waals surface area contributed by atoms with Gasteiger partial charge >= 0.3 is 6.01 Å². The Bertz CT molecular complexity index is 1120. The number of anilines is 1. The molecule has 9 nitrogen and oxygen atoms in total. The predicted molar refractivity (Wildman–Crippen MR) is 111 cm³/mol. The number of ether oxygens (including phenoxy) is 1. The van der Waals surface area contributed by atoms with Gasteiger partial charge in [-0.25, -0.2) is 12.7 Å². The molecular formula is C20H22N4O5S. The molecule has 0 atom stereocenters. The van der Waals surface area contributed by atoms with Crippen molar-refractivity contribution in [1.29, 1.82) is 0 Å². The average Bonchev–Trinajstić information content (AvgIpc) is 3.16. The smallest absolute Gasteiger partial charge is 0.322 e. The highest BCUT2D eigenvalue weighted by atomic mass is 32.2. The third-order valence-corrected chi connectivity index (χ3v) is 5.84. The van der Waals surface area contributed by atoms with Crippen molar-refractivity contribution in [2.45, 2.75) is 24.8 Å². The maximum absolute atomic E-state index is 12.4. The van der Waals surface area contributed by atoms with E-state index >= 15 is 0 Å². The van der Waals surface area contributed by atoms with E-state index in [0.29, 0.717) is 16.9 Å². The highest BCUT2D eigenvalue weighted by molar-refractivity contribution is 7.89. The van der Waals surface area contributed by atoms with Crippen LogP contribution in [0.2, 0.25) is 0 Å². The lowest BCUT2D eigenvalue weighted by Crippen LogP contribution is -2.22. The summed E-state index contributed by atoms with van der Waals surface area (Å²) in [6.07, 6.45) is 0.0403. The Morgan fingerprint density at radius 3 is 2.23 bits per heavy atom. The van der Waals surface area contributed by atoms with Crippen molar-refractivity contribution >= 4 is 21.9 Å². The van der Waals surface area contributed by atoms with E-state index < -0.39 is 15.9 Å². The summed E-state index contributed by atoms with van der Waals surface area (Å²) in [4.78, 5) is 12.5. The van der Waals surface area contributed by atoms with Crippen LogP contribution < -0.4 is 10.1 Å². The van der Waals surface area contributed by atoms with Gasteiger partial charge < -0.3 is 9.15 Å². The fourth-order valence-corrected chi connectivity index (χ4v) is 3.40. The first kappa shape index (κ1) is 21.5. The second-order valence-corrected chi connectivity index (χ2v) is 9.02.